The van der Waals surface area contributed by atoms with E-state index in [1.54, 1.807) is 12.1 Å². The number of hydrogen-bond donors (Lipinski definition) is 3. The summed E-state index contributed by atoms with van der Waals surface area (Å²) in [6.45, 7) is 10.0. The minimum atomic E-state index is 0.0742. The lowest BCUT2D eigenvalue weighted by Crippen LogP contribution is -2.26. The summed E-state index contributed by atoms with van der Waals surface area (Å²) in [5, 5.41) is 22.6. The van der Waals surface area contributed by atoms with E-state index >= 15 is 0 Å². The fourth-order valence-corrected chi connectivity index (χ4v) is 2.17. The van der Waals surface area contributed by atoms with Gasteiger partial charge in [-0.05, 0) is 26.0 Å². The smallest absolute Gasteiger partial charge is 0.122 e. The summed E-state index contributed by atoms with van der Waals surface area (Å²) in [4.78, 5) is 1.97. The van der Waals surface area contributed by atoms with E-state index in [0.717, 1.165) is 24.2 Å². The minimum Gasteiger partial charge on any atom is -0.508 e. The van der Waals surface area contributed by atoms with Crippen molar-refractivity contribution in [1.82, 2.24) is 5.32 Å². The molecular formula is C16H26N2O2. The maximum Gasteiger partial charge on any atom is 0.122 e. The highest BCUT2D eigenvalue weighted by Crippen LogP contribution is 2.29. The van der Waals surface area contributed by atoms with Gasteiger partial charge < -0.3 is 20.4 Å². The first-order chi connectivity index (χ1) is 9.63. The van der Waals surface area contributed by atoms with Gasteiger partial charge >= 0.3 is 0 Å². The Bertz CT molecular complexity index is 421. The van der Waals surface area contributed by atoms with Crippen LogP contribution in [0.4, 0.5) is 5.69 Å². The number of benzene rings is 1. The van der Waals surface area contributed by atoms with Gasteiger partial charge in [0.15, 0.2) is 0 Å². The van der Waals surface area contributed by atoms with Crippen molar-refractivity contribution in [3.63, 3.8) is 0 Å². The van der Waals surface area contributed by atoms with Gasteiger partial charge in [-0.15, -0.1) is 6.58 Å². The van der Waals surface area contributed by atoms with Crippen LogP contribution in [-0.4, -0.2) is 36.5 Å². The van der Waals surface area contributed by atoms with Crippen LogP contribution in [0.15, 0.2) is 30.9 Å². The molecule has 0 aliphatic rings. The summed E-state index contributed by atoms with van der Waals surface area (Å²) in [5.41, 5.74) is 1.78. The first-order valence-electron chi connectivity index (χ1n) is 7.17. The number of hydrogen-bond acceptors (Lipinski definition) is 4. The lowest BCUT2D eigenvalue weighted by Gasteiger charge is -2.24. The lowest BCUT2D eigenvalue weighted by atomic mass is 10.1. The standard InChI is InChI=1S/C16H26N2O2/c1-4-8-17-13(3)15-7-6-14(12-16(15)20)18(9-5-2)10-11-19/h5-7,12-13,17,19-20H,2,4,8-11H2,1,3H3. The number of nitrogens with one attached hydrogen (secondary N) is 1. The third-order valence-electron chi connectivity index (χ3n) is 3.27. The van der Waals surface area contributed by atoms with E-state index in [2.05, 4.69) is 18.8 Å². The first-order valence-corrected chi connectivity index (χ1v) is 7.17. The van der Waals surface area contributed by atoms with E-state index < -0.39 is 0 Å². The molecule has 20 heavy (non-hydrogen) atoms. The van der Waals surface area contributed by atoms with Crippen LogP contribution in [0.2, 0.25) is 0 Å². The van der Waals surface area contributed by atoms with Gasteiger partial charge in [-0.3, -0.25) is 0 Å². The largest absolute Gasteiger partial charge is 0.508 e. The minimum absolute atomic E-state index is 0.0742. The molecule has 0 aliphatic heterocycles. The predicted molar refractivity (Wildman–Crippen MR) is 84.3 cm³/mol. The zero-order chi connectivity index (χ0) is 15.0. The van der Waals surface area contributed by atoms with Crippen LogP contribution >= 0.6 is 0 Å². The molecule has 3 N–H and O–H groups in total. The van der Waals surface area contributed by atoms with E-state index in [0.29, 0.717) is 13.1 Å². The van der Waals surface area contributed by atoms with Crippen LogP contribution in [0.3, 0.4) is 0 Å². The molecule has 1 aromatic carbocycles. The number of aromatic hydroxyl groups is 1. The molecule has 0 fully saturated rings. The summed E-state index contributed by atoms with van der Waals surface area (Å²) in [7, 11) is 0. The number of aliphatic hydroxyl groups excluding tert-OH is 1. The predicted octanol–water partition coefficient (Wildman–Crippen LogP) is 2.44. The molecule has 4 heteroatoms. The summed E-state index contributed by atoms with van der Waals surface area (Å²) in [6, 6.07) is 5.78. The molecule has 0 amide bonds. The Balaban J connectivity index is 2.87. The number of rotatable bonds is 9. The van der Waals surface area contributed by atoms with Crippen molar-refractivity contribution in [2.24, 2.45) is 0 Å². The molecule has 0 aliphatic carbocycles. The molecule has 0 radical (unpaired) electrons. The van der Waals surface area contributed by atoms with Gasteiger partial charge in [0.1, 0.15) is 5.75 Å². The van der Waals surface area contributed by atoms with Crippen LogP contribution in [0.5, 0.6) is 5.75 Å². The molecule has 1 unspecified atom stereocenters. The van der Waals surface area contributed by atoms with E-state index in [-0.39, 0.29) is 18.4 Å². The van der Waals surface area contributed by atoms with E-state index in [4.69, 9.17) is 5.11 Å². The number of phenols is 1. The van der Waals surface area contributed by atoms with Gasteiger partial charge in [0, 0.05) is 36.4 Å². The zero-order valence-corrected chi connectivity index (χ0v) is 12.5. The maximum atomic E-state index is 10.2. The third-order valence-corrected chi connectivity index (χ3v) is 3.27. The average molecular weight is 278 g/mol. The molecule has 1 atom stereocenters. The molecule has 0 heterocycles. The van der Waals surface area contributed by atoms with E-state index in [1.165, 1.54) is 0 Å². The second-order valence-electron chi connectivity index (χ2n) is 4.88. The highest BCUT2D eigenvalue weighted by atomic mass is 16.3. The summed E-state index contributed by atoms with van der Waals surface area (Å²) < 4.78 is 0. The maximum absolute atomic E-state index is 10.2. The van der Waals surface area contributed by atoms with Crippen LogP contribution in [0.1, 0.15) is 31.9 Å². The van der Waals surface area contributed by atoms with E-state index in [1.807, 2.05) is 24.0 Å². The molecule has 0 spiro atoms. The monoisotopic (exact) mass is 278 g/mol. The van der Waals surface area contributed by atoms with Gasteiger partial charge in [0.25, 0.3) is 0 Å². The molecule has 1 aromatic rings. The van der Waals surface area contributed by atoms with Gasteiger partial charge in [-0.2, -0.15) is 0 Å². The molecule has 0 saturated carbocycles. The third kappa shape index (κ3) is 4.54. The second-order valence-corrected chi connectivity index (χ2v) is 4.88. The fourth-order valence-electron chi connectivity index (χ4n) is 2.17. The Morgan fingerprint density at radius 3 is 2.75 bits per heavy atom. The highest BCUT2D eigenvalue weighted by molar-refractivity contribution is 5.54. The Kier molecular flexibility index (Phi) is 7.12. The average Bonchev–Trinajstić information content (AvgIpc) is 2.44. The molecule has 1 rings (SSSR count). The lowest BCUT2D eigenvalue weighted by molar-refractivity contribution is 0.303. The van der Waals surface area contributed by atoms with Crippen molar-refractivity contribution in [3.8, 4) is 5.75 Å². The normalized spacial score (nSPS) is 12.2. The molecule has 112 valence electrons. The summed E-state index contributed by atoms with van der Waals surface area (Å²) >= 11 is 0. The Hall–Kier alpha value is -1.52. The zero-order valence-electron chi connectivity index (χ0n) is 12.5. The Morgan fingerprint density at radius 2 is 2.20 bits per heavy atom. The molecule has 4 nitrogen and oxygen atoms in total. The number of anilines is 1. The summed E-state index contributed by atoms with van der Waals surface area (Å²) in [5.74, 6) is 0.283. The molecule has 0 saturated heterocycles. The van der Waals surface area contributed by atoms with Crippen LogP contribution in [0, 0.1) is 0 Å². The van der Waals surface area contributed by atoms with Crippen molar-refractivity contribution in [3.05, 3.63) is 36.4 Å². The second kappa shape index (κ2) is 8.61. The van der Waals surface area contributed by atoms with E-state index in [9.17, 15) is 5.11 Å². The topological polar surface area (TPSA) is 55.7 Å². The van der Waals surface area contributed by atoms with Gasteiger partial charge in [0.05, 0.1) is 6.61 Å². The first kappa shape index (κ1) is 16.5. The Morgan fingerprint density at radius 1 is 1.45 bits per heavy atom. The van der Waals surface area contributed by atoms with Crippen molar-refractivity contribution < 1.29 is 10.2 Å². The van der Waals surface area contributed by atoms with Crippen LogP contribution in [0.25, 0.3) is 0 Å². The fraction of sp³-hybridized carbons (Fsp3) is 0.500. The SMILES string of the molecule is C=CCN(CCO)c1ccc(C(C)NCCC)c(O)c1. The molecule has 0 aromatic heterocycles. The number of nitrogens with zero attached hydrogens (tertiary/aromatic N) is 1. The number of aliphatic hydroxyl groups is 1. The van der Waals surface area contributed by atoms with Crippen molar-refractivity contribution >= 4 is 5.69 Å². The van der Waals surface area contributed by atoms with Crippen molar-refractivity contribution in [1.29, 1.82) is 0 Å². The summed E-state index contributed by atoms with van der Waals surface area (Å²) in [6.07, 6.45) is 2.85. The highest BCUT2D eigenvalue weighted by Gasteiger charge is 2.12. The van der Waals surface area contributed by atoms with Gasteiger partial charge in [0.2, 0.25) is 0 Å². The van der Waals surface area contributed by atoms with Crippen LogP contribution < -0.4 is 10.2 Å². The van der Waals surface area contributed by atoms with Gasteiger partial charge in [-0.25, -0.2) is 0 Å². The molecule has 0 bridgehead atoms. The number of phenolic OH excluding ortho intramolecular Hbond substituents is 1. The molecular weight excluding hydrogens is 252 g/mol. The van der Waals surface area contributed by atoms with Crippen molar-refractivity contribution in [2.75, 3.05) is 31.1 Å². The van der Waals surface area contributed by atoms with Crippen LogP contribution in [-0.2, 0) is 0 Å². The van der Waals surface area contributed by atoms with Crippen molar-refractivity contribution in [2.45, 2.75) is 26.3 Å². The Labute approximate surface area is 121 Å². The quantitative estimate of drug-likeness (QED) is 0.607. The van der Waals surface area contributed by atoms with Gasteiger partial charge in [-0.1, -0.05) is 19.1 Å².